The van der Waals surface area contributed by atoms with E-state index in [4.69, 9.17) is 19.5 Å². The number of benzene rings is 2. The summed E-state index contributed by atoms with van der Waals surface area (Å²) < 4.78 is 16.7. The number of nitriles is 1. The van der Waals surface area contributed by atoms with E-state index < -0.39 is 0 Å². The van der Waals surface area contributed by atoms with Gasteiger partial charge in [0, 0.05) is 18.9 Å². The first-order chi connectivity index (χ1) is 12.6. The zero-order chi connectivity index (χ0) is 18.9. The van der Waals surface area contributed by atoms with Crippen molar-refractivity contribution >= 4 is 27.5 Å². The van der Waals surface area contributed by atoms with Crippen LogP contribution in [0.15, 0.2) is 40.9 Å². The molecule has 0 bridgehead atoms. The van der Waals surface area contributed by atoms with Crippen LogP contribution in [0.25, 0.3) is 0 Å². The third-order valence-corrected chi connectivity index (χ3v) is 3.90. The van der Waals surface area contributed by atoms with Gasteiger partial charge in [0.25, 0.3) is 5.91 Å². The highest BCUT2D eigenvalue weighted by Crippen LogP contribution is 2.36. The second-order valence-corrected chi connectivity index (χ2v) is 6.15. The molecule has 0 radical (unpaired) electrons. The summed E-state index contributed by atoms with van der Waals surface area (Å²) in [6.45, 7) is 2.52. The Morgan fingerprint density at radius 2 is 2.08 bits per heavy atom. The van der Waals surface area contributed by atoms with Gasteiger partial charge in [-0.3, -0.25) is 4.79 Å². The molecule has 1 N–H and O–H groups in total. The highest BCUT2D eigenvalue weighted by molar-refractivity contribution is 9.10. The van der Waals surface area contributed by atoms with Crippen molar-refractivity contribution in [1.82, 2.24) is 0 Å². The van der Waals surface area contributed by atoms with E-state index in [9.17, 15) is 4.79 Å². The Balaban J connectivity index is 2.05. The summed E-state index contributed by atoms with van der Waals surface area (Å²) in [5.74, 6) is 0.487. The Bertz CT molecular complexity index is 818. The van der Waals surface area contributed by atoms with Crippen molar-refractivity contribution in [3.63, 3.8) is 0 Å². The van der Waals surface area contributed by atoms with Crippen LogP contribution in [0.1, 0.15) is 18.1 Å². The standard InChI is InChI=1S/C19H19BrN2O4/c1-3-25-17-9-14(10-21)8-16(20)19(17)26-12-18(23)22-15-6-4-5-13(7-15)11-24-2/h4-9H,3,11-12H2,1-2H3,(H,22,23). The van der Waals surface area contributed by atoms with Crippen LogP contribution in [-0.4, -0.2) is 26.2 Å². The van der Waals surface area contributed by atoms with Crippen molar-refractivity contribution in [1.29, 1.82) is 5.26 Å². The van der Waals surface area contributed by atoms with Gasteiger partial charge in [-0.25, -0.2) is 0 Å². The molecule has 0 spiro atoms. The smallest absolute Gasteiger partial charge is 0.262 e. The van der Waals surface area contributed by atoms with E-state index in [-0.39, 0.29) is 12.5 Å². The number of carbonyl (C=O) groups excluding carboxylic acids is 1. The molecule has 2 rings (SSSR count). The molecule has 0 aromatic heterocycles. The van der Waals surface area contributed by atoms with Gasteiger partial charge in [0.05, 0.1) is 29.3 Å². The number of ether oxygens (including phenoxy) is 3. The maximum absolute atomic E-state index is 12.2. The van der Waals surface area contributed by atoms with Crippen molar-refractivity contribution in [2.75, 3.05) is 25.6 Å². The number of anilines is 1. The second kappa shape index (κ2) is 9.80. The zero-order valence-corrected chi connectivity index (χ0v) is 16.1. The van der Waals surface area contributed by atoms with Gasteiger partial charge in [0.15, 0.2) is 18.1 Å². The van der Waals surface area contributed by atoms with Crippen LogP contribution in [0.5, 0.6) is 11.5 Å². The molecule has 136 valence electrons. The first-order valence-corrected chi connectivity index (χ1v) is 8.73. The first kappa shape index (κ1) is 19.8. The van der Waals surface area contributed by atoms with Crippen molar-refractivity contribution in [2.45, 2.75) is 13.5 Å². The monoisotopic (exact) mass is 418 g/mol. The number of methoxy groups -OCH3 is 1. The molecular formula is C19H19BrN2O4. The largest absolute Gasteiger partial charge is 0.490 e. The lowest BCUT2D eigenvalue weighted by Gasteiger charge is -2.14. The number of nitrogens with zero attached hydrogens (tertiary/aromatic N) is 1. The minimum Gasteiger partial charge on any atom is -0.490 e. The Morgan fingerprint density at radius 3 is 2.77 bits per heavy atom. The Labute approximate surface area is 160 Å². The minimum atomic E-state index is -0.307. The molecule has 0 saturated carbocycles. The van der Waals surface area contributed by atoms with E-state index in [1.54, 1.807) is 25.3 Å². The van der Waals surface area contributed by atoms with Gasteiger partial charge in [-0.2, -0.15) is 5.26 Å². The number of nitrogens with one attached hydrogen (secondary N) is 1. The summed E-state index contributed by atoms with van der Waals surface area (Å²) in [7, 11) is 1.62. The fraction of sp³-hybridized carbons (Fsp3) is 0.263. The molecule has 0 unspecified atom stereocenters. The van der Waals surface area contributed by atoms with Gasteiger partial charge in [0.1, 0.15) is 0 Å². The molecule has 0 aliphatic carbocycles. The maximum atomic E-state index is 12.2. The molecule has 0 fully saturated rings. The van der Waals surface area contributed by atoms with Gasteiger partial charge in [-0.15, -0.1) is 0 Å². The normalized spacial score (nSPS) is 10.1. The van der Waals surface area contributed by atoms with Gasteiger partial charge in [0.2, 0.25) is 0 Å². The van der Waals surface area contributed by atoms with Crippen LogP contribution in [0.4, 0.5) is 5.69 Å². The van der Waals surface area contributed by atoms with E-state index in [1.807, 2.05) is 25.1 Å². The zero-order valence-electron chi connectivity index (χ0n) is 14.5. The molecule has 7 heteroatoms. The summed E-state index contributed by atoms with van der Waals surface area (Å²) in [6.07, 6.45) is 0. The molecule has 2 aromatic rings. The average Bonchev–Trinajstić information content (AvgIpc) is 2.61. The number of halogens is 1. The molecule has 26 heavy (non-hydrogen) atoms. The summed E-state index contributed by atoms with van der Waals surface area (Å²) >= 11 is 3.35. The highest BCUT2D eigenvalue weighted by atomic mass is 79.9. The van der Waals surface area contributed by atoms with Crippen LogP contribution in [0.3, 0.4) is 0 Å². The molecular weight excluding hydrogens is 400 g/mol. The summed E-state index contributed by atoms with van der Waals surface area (Å²) in [5, 5.41) is 11.8. The third kappa shape index (κ3) is 5.48. The second-order valence-electron chi connectivity index (χ2n) is 5.30. The van der Waals surface area contributed by atoms with Crippen molar-refractivity contribution in [3.8, 4) is 17.6 Å². The Hall–Kier alpha value is -2.56. The molecule has 6 nitrogen and oxygen atoms in total. The van der Waals surface area contributed by atoms with E-state index in [0.29, 0.717) is 40.4 Å². The Morgan fingerprint density at radius 1 is 1.27 bits per heavy atom. The van der Waals surface area contributed by atoms with Gasteiger partial charge < -0.3 is 19.5 Å². The lowest BCUT2D eigenvalue weighted by Crippen LogP contribution is -2.20. The van der Waals surface area contributed by atoms with Crippen LogP contribution >= 0.6 is 15.9 Å². The molecule has 0 atom stereocenters. The lowest BCUT2D eigenvalue weighted by molar-refractivity contribution is -0.118. The molecule has 0 heterocycles. The maximum Gasteiger partial charge on any atom is 0.262 e. The van der Waals surface area contributed by atoms with E-state index in [0.717, 1.165) is 5.56 Å². The van der Waals surface area contributed by atoms with Crippen LogP contribution in [-0.2, 0) is 16.1 Å². The molecule has 0 aliphatic rings. The molecule has 0 saturated heterocycles. The summed E-state index contributed by atoms with van der Waals surface area (Å²) in [4.78, 5) is 12.2. The predicted molar refractivity (Wildman–Crippen MR) is 101 cm³/mol. The SMILES string of the molecule is CCOc1cc(C#N)cc(Br)c1OCC(=O)Nc1cccc(COC)c1. The fourth-order valence-corrected chi connectivity index (χ4v) is 2.83. The van der Waals surface area contributed by atoms with Gasteiger partial charge >= 0.3 is 0 Å². The number of hydrogen-bond donors (Lipinski definition) is 1. The van der Waals surface area contributed by atoms with Crippen molar-refractivity contribution in [3.05, 3.63) is 52.0 Å². The van der Waals surface area contributed by atoms with Crippen LogP contribution in [0.2, 0.25) is 0 Å². The first-order valence-electron chi connectivity index (χ1n) is 7.94. The molecule has 2 aromatic carbocycles. The summed E-state index contributed by atoms with van der Waals surface area (Å²) in [6, 6.07) is 12.6. The van der Waals surface area contributed by atoms with E-state index in [1.165, 1.54) is 0 Å². The molecule has 0 aliphatic heterocycles. The summed E-state index contributed by atoms with van der Waals surface area (Å²) in [5.41, 5.74) is 2.06. The van der Waals surface area contributed by atoms with Gasteiger partial charge in [-0.05, 0) is 46.6 Å². The Kier molecular flexibility index (Phi) is 7.45. The van der Waals surface area contributed by atoms with Crippen LogP contribution in [0, 0.1) is 11.3 Å². The number of rotatable bonds is 8. The minimum absolute atomic E-state index is 0.195. The van der Waals surface area contributed by atoms with Gasteiger partial charge in [-0.1, -0.05) is 12.1 Å². The number of carbonyl (C=O) groups is 1. The fourth-order valence-electron chi connectivity index (χ4n) is 2.28. The third-order valence-electron chi connectivity index (χ3n) is 3.31. The van der Waals surface area contributed by atoms with Crippen molar-refractivity contribution < 1.29 is 19.0 Å². The van der Waals surface area contributed by atoms with Crippen LogP contribution < -0.4 is 14.8 Å². The van der Waals surface area contributed by atoms with E-state index in [2.05, 4.69) is 27.3 Å². The number of hydrogen-bond acceptors (Lipinski definition) is 5. The number of amides is 1. The average molecular weight is 419 g/mol. The topological polar surface area (TPSA) is 80.6 Å². The molecule has 1 amide bonds. The van der Waals surface area contributed by atoms with Crippen molar-refractivity contribution in [2.24, 2.45) is 0 Å². The van der Waals surface area contributed by atoms with E-state index >= 15 is 0 Å². The highest BCUT2D eigenvalue weighted by Gasteiger charge is 2.14. The predicted octanol–water partition coefficient (Wildman–Crippen LogP) is 3.88. The quantitative estimate of drug-likeness (QED) is 0.703. The lowest BCUT2D eigenvalue weighted by atomic mass is 10.2.